The van der Waals surface area contributed by atoms with E-state index >= 15 is 0 Å². The summed E-state index contributed by atoms with van der Waals surface area (Å²) in [5.74, 6) is 0.634. The average molecular weight is 412 g/mol. The molecule has 0 aliphatic heterocycles. The van der Waals surface area contributed by atoms with Gasteiger partial charge < -0.3 is 0 Å². The Hall–Kier alpha value is -1.35. The van der Waals surface area contributed by atoms with Crippen LogP contribution >= 0.6 is 22.6 Å². The Bertz CT molecular complexity index is 852. The second-order valence-electron chi connectivity index (χ2n) is 7.33. The molecule has 0 saturated carbocycles. The van der Waals surface area contributed by atoms with Gasteiger partial charge in [-0.1, -0.05) is 57.2 Å². The third kappa shape index (κ3) is 2.40. The van der Waals surface area contributed by atoms with Crippen molar-refractivity contribution < 1.29 is 0 Å². The van der Waals surface area contributed by atoms with Gasteiger partial charge in [-0.15, -0.1) is 0 Å². The molecule has 0 amide bonds. The number of hydrogen-bond acceptors (Lipinski definition) is 0. The first-order valence-corrected chi connectivity index (χ1v) is 9.37. The Kier molecular flexibility index (Phi) is 3.53. The molecule has 1 atom stereocenters. The van der Waals surface area contributed by atoms with Gasteiger partial charge in [0.2, 0.25) is 0 Å². The Balaban J connectivity index is 1.86. The number of fused-ring (bicyclic) bond motifs is 3. The Labute approximate surface area is 152 Å². The lowest BCUT2D eigenvalue weighted by Crippen LogP contribution is -2.15. The molecule has 0 radical (unpaired) electrons. The van der Waals surface area contributed by atoms with Crippen LogP contribution in [0, 0.1) is 9.49 Å². The maximum Gasteiger partial charge on any atom is 0.0159 e. The van der Waals surface area contributed by atoms with E-state index in [9.17, 15) is 0 Å². The lowest BCUT2D eigenvalue weighted by molar-refractivity contribution is 0.659. The van der Waals surface area contributed by atoms with Crippen LogP contribution in [0.25, 0.3) is 16.7 Å². The normalized spacial score (nSPS) is 20.9. The number of benzene rings is 2. The summed E-state index contributed by atoms with van der Waals surface area (Å²) in [6.45, 7) is 7.00. The summed E-state index contributed by atoms with van der Waals surface area (Å²) in [5, 5.41) is 0. The Morgan fingerprint density at radius 3 is 2.43 bits per heavy atom. The van der Waals surface area contributed by atoms with Crippen molar-refractivity contribution in [3.05, 3.63) is 74.9 Å². The van der Waals surface area contributed by atoms with Crippen molar-refractivity contribution in [2.75, 3.05) is 0 Å². The number of allylic oxidation sites excluding steroid dienone is 4. The van der Waals surface area contributed by atoms with Gasteiger partial charge in [-0.05, 0) is 86.5 Å². The molecule has 2 aliphatic rings. The van der Waals surface area contributed by atoms with E-state index in [1.165, 1.54) is 37.0 Å². The lowest BCUT2D eigenvalue weighted by Gasteiger charge is -2.23. The molecule has 0 bridgehead atoms. The molecule has 23 heavy (non-hydrogen) atoms. The van der Waals surface area contributed by atoms with Crippen molar-refractivity contribution in [3.8, 4) is 11.1 Å². The molecule has 0 saturated heterocycles. The summed E-state index contributed by atoms with van der Waals surface area (Å²) in [7, 11) is 0. The first kappa shape index (κ1) is 15.2. The fourth-order valence-electron chi connectivity index (χ4n) is 3.97. The summed E-state index contributed by atoms with van der Waals surface area (Å²) in [6, 6.07) is 13.9. The molecule has 0 nitrogen and oxygen atoms in total. The minimum Gasteiger partial charge on any atom is -0.0814 e. The molecule has 116 valence electrons. The summed E-state index contributed by atoms with van der Waals surface area (Å²) >= 11 is 2.42. The summed E-state index contributed by atoms with van der Waals surface area (Å²) in [4.78, 5) is 0. The molecular formula is C22H21I. The second-order valence-corrected chi connectivity index (χ2v) is 8.58. The van der Waals surface area contributed by atoms with E-state index < -0.39 is 0 Å². The fraction of sp³-hybridized carbons (Fsp3) is 0.273. The van der Waals surface area contributed by atoms with E-state index in [0.717, 1.165) is 6.42 Å². The molecule has 2 aliphatic carbocycles. The van der Waals surface area contributed by atoms with Crippen molar-refractivity contribution >= 4 is 28.2 Å². The highest BCUT2D eigenvalue weighted by Crippen LogP contribution is 2.49. The van der Waals surface area contributed by atoms with E-state index in [0.29, 0.717) is 5.92 Å². The Morgan fingerprint density at radius 2 is 1.70 bits per heavy atom. The number of rotatable bonds is 1. The van der Waals surface area contributed by atoms with Gasteiger partial charge in [-0.25, -0.2) is 0 Å². The summed E-state index contributed by atoms with van der Waals surface area (Å²) in [5.41, 5.74) is 8.67. The van der Waals surface area contributed by atoms with Crippen molar-refractivity contribution in [2.45, 2.75) is 32.6 Å². The fourth-order valence-corrected chi connectivity index (χ4v) is 4.46. The maximum absolute atomic E-state index is 2.43. The van der Waals surface area contributed by atoms with Crippen molar-refractivity contribution in [2.24, 2.45) is 5.92 Å². The molecule has 0 fully saturated rings. The van der Waals surface area contributed by atoms with Crippen LogP contribution in [0.2, 0.25) is 0 Å². The molecular weight excluding hydrogens is 391 g/mol. The topological polar surface area (TPSA) is 0 Å². The summed E-state index contributed by atoms with van der Waals surface area (Å²) < 4.78 is 1.32. The highest BCUT2D eigenvalue weighted by Gasteiger charge is 2.35. The number of hydrogen-bond donors (Lipinski definition) is 0. The van der Waals surface area contributed by atoms with Gasteiger partial charge in [0.25, 0.3) is 0 Å². The van der Waals surface area contributed by atoms with Crippen molar-refractivity contribution in [1.29, 1.82) is 0 Å². The predicted molar refractivity (Wildman–Crippen MR) is 108 cm³/mol. The minimum absolute atomic E-state index is 0.0819. The summed E-state index contributed by atoms with van der Waals surface area (Å²) in [6.07, 6.45) is 7.91. The SMILES string of the molecule is CC1C=CC=C(c2ccc3c(c2)C(C)(C)c2cc(I)ccc2-3)C1. The van der Waals surface area contributed by atoms with Crippen LogP contribution in [-0.4, -0.2) is 0 Å². The van der Waals surface area contributed by atoms with E-state index in [4.69, 9.17) is 0 Å². The standard InChI is InChI=1S/C22H21I/c1-14-5-4-6-15(11-14)16-7-9-18-19-10-8-17(23)13-21(19)22(2,3)20(18)12-16/h4-10,12-14H,11H2,1-3H3. The molecule has 2 aromatic rings. The molecule has 1 unspecified atom stereocenters. The Morgan fingerprint density at radius 1 is 1.00 bits per heavy atom. The van der Waals surface area contributed by atoms with Crippen molar-refractivity contribution in [3.63, 3.8) is 0 Å². The zero-order chi connectivity index (χ0) is 16.2. The predicted octanol–water partition coefficient (Wildman–Crippen LogP) is 6.58. The lowest BCUT2D eigenvalue weighted by atomic mass is 9.81. The molecule has 2 aromatic carbocycles. The molecule has 0 heterocycles. The maximum atomic E-state index is 2.43. The van der Waals surface area contributed by atoms with Crippen LogP contribution in [0.15, 0.2) is 54.6 Å². The molecule has 1 heteroatoms. The van der Waals surface area contributed by atoms with Crippen LogP contribution < -0.4 is 0 Å². The van der Waals surface area contributed by atoms with Crippen LogP contribution in [0.1, 0.15) is 43.9 Å². The second kappa shape index (κ2) is 5.34. The third-order valence-corrected chi connectivity index (χ3v) is 5.96. The number of halogens is 1. The minimum atomic E-state index is 0.0819. The van der Waals surface area contributed by atoms with Gasteiger partial charge in [0.15, 0.2) is 0 Å². The third-order valence-electron chi connectivity index (χ3n) is 5.29. The first-order chi connectivity index (χ1) is 11.0. The van der Waals surface area contributed by atoms with Gasteiger partial charge in [-0.3, -0.25) is 0 Å². The molecule has 0 N–H and O–H groups in total. The van der Waals surface area contributed by atoms with Gasteiger partial charge in [-0.2, -0.15) is 0 Å². The quantitative estimate of drug-likeness (QED) is 0.465. The van der Waals surface area contributed by atoms with Crippen LogP contribution in [0.5, 0.6) is 0 Å². The highest BCUT2D eigenvalue weighted by molar-refractivity contribution is 14.1. The van der Waals surface area contributed by atoms with Crippen LogP contribution in [-0.2, 0) is 5.41 Å². The smallest absolute Gasteiger partial charge is 0.0159 e. The van der Waals surface area contributed by atoms with E-state index in [1.807, 2.05) is 0 Å². The van der Waals surface area contributed by atoms with Gasteiger partial charge in [0, 0.05) is 8.99 Å². The average Bonchev–Trinajstić information content (AvgIpc) is 2.75. The molecule has 0 spiro atoms. The van der Waals surface area contributed by atoms with Gasteiger partial charge in [0.1, 0.15) is 0 Å². The highest BCUT2D eigenvalue weighted by atomic mass is 127. The van der Waals surface area contributed by atoms with Gasteiger partial charge in [0.05, 0.1) is 0 Å². The molecule has 0 aromatic heterocycles. The van der Waals surface area contributed by atoms with E-state index in [-0.39, 0.29) is 5.41 Å². The van der Waals surface area contributed by atoms with Crippen LogP contribution in [0.3, 0.4) is 0 Å². The van der Waals surface area contributed by atoms with E-state index in [1.54, 1.807) is 0 Å². The monoisotopic (exact) mass is 412 g/mol. The van der Waals surface area contributed by atoms with E-state index in [2.05, 4.69) is 98.0 Å². The zero-order valence-electron chi connectivity index (χ0n) is 13.9. The van der Waals surface area contributed by atoms with Crippen molar-refractivity contribution in [1.82, 2.24) is 0 Å². The zero-order valence-corrected chi connectivity index (χ0v) is 16.0. The largest absolute Gasteiger partial charge is 0.0814 e. The van der Waals surface area contributed by atoms with Gasteiger partial charge >= 0.3 is 0 Å². The molecule has 4 rings (SSSR count). The first-order valence-electron chi connectivity index (χ1n) is 8.29. The van der Waals surface area contributed by atoms with Crippen LogP contribution in [0.4, 0.5) is 0 Å².